The minimum absolute atomic E-state index is 0.243. The number of amides is 2. The first-order valence-corrected chi connectivity index (χ1v) is 9.59. The quantitative estimate of drug-likeness (QED) is 0.836. The largest absolute Gasteiger partial charge is 0.379 e. The molecule has 2 atom stereocenters. The number of carbonyl (C=O) groups is 1. The Morgan fingerprint density at radius 3 is 2.52 bits per heavy atom. The summed E-state index contributed by atoms with van der Waals surface area (Å²) in [7, 11) is 0. The minimum atomic E-state index is 0.243. The molecule has 0 aromatic carbocycles. The molecule has 3 fully saturated rings. The van der Waals surface area contributed by atoms with E-state index in [1.165, 1.54) is 5.56 Å². The van der Waals surface area contributed by atoms with E-state index in [2.05, 4.69) is 26.9 Å². The lowest BCUT2D eigenvalue weighted by molar-refractivity contribution is 0.00956. The van der Waals surface area contributed by atoms with Gasteiger partial charge in [0.2, 0.25) is 0 Å². The zero-order valence-corrected chi connectivity index (χ0v) is 14.8. The van der Waals surface area contributed by atoms with Gasteiger partial charge in [-0.2, -0.15) is 0 Å². The van der Waals surface area contributed by atoms with Crippen molar-refractivity contribution >= 4 is 6.03 Å². The fourth-order valence-corrected chi connectivity index (χ4v) is 4.51. The van der Waals surface area contributed by atoms with Crippen LogP contribution in [0.2, 0.25) is 0 Å². The van der Waals surface area contributed by atoms with Gasteiger partial charge < -0.3 is 14.5 Å². The average Bonchev–Trinajstić information content (AvgIpc) is 3.33. The highest BCUT2D eigenvalue weighted by molar-refractivity contribution is 5.75. The predicted octanol–water partition coefficient (Wildman–Crippen LogP) is 1.61. The molecule has 0 N–H and O–H groups in total. The molecule has 1 aromatic rings. The van der Waals surface area contributed by atoms with Crippen LogP contribution >= 0.6 is 0 Å². The molecule has 3 aliphatic rings. The highest BCUT2D eigenvalue weighted by Crippen LogP contribution is 2.28. The molecule has 0 unspecified atom stereocenters. The first-order valence-electron chi connectivity index (χ1n) is 9.59. The van der Waals surface area contributed by atoms with E-state index in [1.807, 2.05) is 17.3 Å². The van der Waals surface area contributed by atoms with Crippen LogP contribution in [0.25, 0.3) is 0 Å². The number of likely N-dealkylation sites (tertiary alicyclic amines) is 2. The van der Waals surface area contributed by atoms with Gasteiger partial charge in [-0.25, -0.2) is 4.79 Å². The van der Waals surface area contributed by atoms with Crippen molar-refractivity contribution in [3.8, 4) is 0 Å². The summed E-state index contributed by atoms with van der Waals surface area (Å²) in [5, 5.41) is 0. The van der Waals surface area contributed by atoms with Crippen molar-refractivity contribution in [3.05, 3.63) is 30.1 Å². The van der Waals surface area contributed by atoms with Crippen LogP contribution in [0.5, 0.6) is 0 Å². The third-order valence-electron chi connectivity index (χ3n) is 5.84. The molecule has 0 bridgehead atoms. The lowest BCUT2D eigenvalue weighted by Crippen LogP contribution is -2.53. The Hall–Kier alpha value is -1.66. The highest BCUT2D eigenvalue weighted by Gasteiger charge is 2.42. The van der Waals surface area contributed by atoms with Gasteiger partial charge >= 0.3 is 6.03 Å². The van der Waals surface area contributed by atoms with Crippen LogP contribution in [0, 0.1) is 0 Å². The van der Waals surface area contributed by atoms with Crippen LogP contribution in [0.1, 0.15) is 24.8 Å². The molecule has 0 spiro atoms. The Balaban J connectivity index is 1.53. The number of urea groups is 1. The van der Waals surface area contributed by atoms with Crippen molar-refractivity contribution in [1.29, 1.82) is 0 Å². The van der Waals surface area contributed by atoms with Crippen molar-refractivity contribution in [1.82, 2.24) is 19.7 Å². The smallest absolute Gasteiger partial charge is 0.320 e. The second-order valence-electron chi connectivity index (χ2n) is 7.30. The van der Waals surface area contributed by atoms with E-state index in [-0.39, 0.29) is 12.1 Å². The van der Waals surface area contributed by atoms with Crippen LogP contribution in [0.4, 0.5) is 4.79 Å². The van der Waals surface area contributed by atoms with E-state index in [4.69, 9.17) is 4.74 Å². The standard InChI is InChI=1S/C19H28N4O2/c24-19(22-8-1-2-9-22)23-10-5-17(21-11-13-25-14-12-21)18(23)15-16-3-6-20-7-4-16/h3-4,6-7,17-18H,1-2,5,8-15H2/t17-,18+/m0/s1. The molecular weight excluding hydrogens is 316 g/mol. The molecule has 0 aliphatic carbocycles. The van der Waals surface area contributed by atoms with E-state index in [9.17, 15) is 4.79 Å². The van der Waals surface area contributed by atoms with Crippen molar-refractivity contribution in [2.75, 3.05) is 45.9 Å². The van der Waals surface area contributed by atoms with E-state index >= 15 is 0 Å². The number of pyridine rings is 1. The zero-order valence-electron chi connectivity index (χ0n) is 14.8. The van der Waals surface area contributed by atoms with Crippen LogP contribution < -0.4 is 0 Å². The lowest BCUT2D eigenvalue weighted by Gasteiger charge is -2.38. The van der Waals surface area contributed by atoms with Gasteiger partial charge in [-0.3, -0.25) is 9.88 Å². The number of ether oxygens (including phenoxy) is 1. The number of nitrogens with zero attached hydrogens (tertiary/aromatic N) is 4. The summed E-state index contributed by atoms with van der Waals surface area (Å²) in [6, 6.07) is 5.07. The van der Waals surface area contributed by atoms with Crippen LogP contribution in [0.15, 0.2) is 24.5 Å². The fourth-order valence-electron chi connectivity index (χ4n) is 4.51. The molecule has 1 aromatic heterocycles. The van der Waals surface area contributed by atoms with Crippen LogP contribution in [0.3, 0.4) is 0 Å². The Morgan fingerprint density at radius 1 is 1.08 bits per heavy atom. The second kappa shape index (κ2) is 7.70. The molecule has 2 amide bonds. The number of aromatic nitrogens is 1. The van der Waals surface area contributed by atoms with E-state index in [0.29, 0.717) is 6.04 Å². The van der Waals surface area contributed by atoms with E-state index < -0.39 is 0 Å². The highest BCUT2D eigenvalue weighted by atomic mass is 16.5. The summed E-state index contributed by atoms with van der Waals surface area (Å²) < 4.78 is 5.53. The number of rotatable bonds is 3. The third-order valence-corrected chi connectivity index (χ3v) is 5.84. The number of hydrogen-bond donors (Lipinski definition) is 0. The fraction of sp³-hybridized carbons (Fsp3) is 0.684. The van der Waals surface area contributed by atoms with Crippen molar-refractivity contribution in [2.24, 2.45) is 0 Å². The van der Waals surface area contributed by atoms with Crippen molar-refractivity contribution < 1.29 is 9.53 Å². The lowest BCUT2D eigenvalue weighted by atomic mass is 9.99. The first kappa shape index (κ1) is 16.8. The summed E-state index contributed by atoms with van der Waals surface area (Å²) in [6.45, 7) is 6.26. The Labute approximate surface area is 149 Å². The van der Waals surface area contributed by atoms with Gasteiger partial charge in [0, 0.05) is 51.2 Å². The number of hydrogen-bond acceptors (Lipinski definition) is 4. The molecule has 3 aliphatic heterocycles. The summed E-state index contributed by atoms with van der Waals surface area (Å²) in [6.07, 6.45) is 7.95. The first-order chi connectivity index (χ1) is 12.3. The predicted molar refractivity (Wildman–Crippen MR) is 95.4 cm³/mol. The summed E-state index contributed by atoms with van der Waals surface area (Å²) >= 11 is 0. The van der Waals surface area contributed by atoms with Crippen molar-refractivity contribution in [2.45, 2.75) is 37.8 Å². The van der Waals surface area contributed by atoms with Gasteiger partial charge in [-0.15, -0.1) is 0 Å². The van der Waals surface area contributed by atoms with E-state index in [0.717, 1.165) is 71.6 Å². The van der Waals surface area contributed by atoms with Gasteiger partial charge in [0.15, 0.2) is 0 Å². The second-order valence-corrected chi connectivity index (χ2v) is 7.30. The minimum Gasteiger partial charge on any atom is -0.379 e. The van der Waals surface area contributed by atoms with Crippen LogP contribution in [-0.4, -0.2) is 83.7 Å². The molecule has 25 heavy (non-hydrogen) atoms. The maximum atomic E-state index is 13.1. The van der Waals surface area contributed by atoms with Gasteiger partial charge in [-0.1, -0.05) is 0 Å². The normalized spacial score (nSPS) is 27.8. The Bertz CT molecular complexity index is 570. The van der Waals surface area contributed by atoms with Crippen molar-refractivity contribution in [3.63, 3.8) is 0 Å². The molecule has 0 radical (unpaired) electrons. The molecule has 6 heteroatoms. The molecular formula is C19H28N4O2. The van der Waals surface area contributed by atoms with Gasteiger partial charge in [-0.05, 0) is 43.4 Å². The average molecular weight is 344 g/mol. The molecule has 6 nitrogen and oxygen atoms in total. The molecule has 4 heterocycles. The monoisotopic (exact) mass is 344 g/mol. The van der Waals surface area contributed by atoms with Gasteiger partial charge in [0.05, 0.1) is 19.3 Å². The summed E-state index contributed by atoms with van der Waals surface area (Å²) in [4.78, 5) is 23.9. The van der Waals surface area contributed by atoms with E-state index in [1.54, 1.807) is 0 Å². The van der Waals surface area contributed by atoms with Gasteiger partial charge in [0.25, 0.3) is 0 Å². The summed E-state index contributed by atoms with van der Waals surface area (Å²) in [5.41, 5.74) is 1.26. The molecule has 3 saturated heterocycles. The number of morpholine rings is 1. The molecule has 136 valence electrons. The maximum Gasteiger partial charge on any atom is 0.320 e. The third kappa shape index (κ3) is 3.65. The summed E-state index contributed by atoms with van der Waals surface area (Å²) in [5.74, 6) is 0. The van der Waals surface area contributed by atoms with Gasteiger partial charge in [0.1, 0.15) is 0 Å². The molecule has 0 saturated carbocycles. The van der Waals surface area contributed by atoms with Crippen LogP contribution in [-0.2, 0) is 11.2 Å². The number of carbonyl (C=O) groups excluding carboxylic acids is 1. The Kier molecular flexibility index (Phi) is 5.17. The molecule has 4 rings (SSSR count). The topological polar surface area (TPSA) is 48.9 Å². The zero-order chi connectivity index (χ0) is 17.1. The SMILES string of the molecule is O=C(N1CCCC1)N1CC[C@H](N2CCOCC2)[C@H]1Cc1ccncc1. The Morgan fingerprint density at radius 2 is 1.80 bits per heavy atom. The maximum absolute atomic E-state index is 13.1.